The highest BCUT2D eigenvalue weighted by Crippen LogP contribution is 2.19. The Kier molecular flexibility index (Phi) is 4.07. The Morgan fingerprint density at radius 3 is 2.75 bits per heavy atom. The van der Waals surface area contributed by atoms with Crippen molar-refractivity contribution in [3.63, 3.8) is 0 Å². The predicted octanol–water partition coefficient (Wildman–Crippen LogP) is 2.88. The number of pyridine rings is 1. The third-order valence-corrected chi connectivity index (χ3v) is 3.25. The highest BCUT2D eigenvalue weighted by Gasteiger charge is 2.09. The molecule has 0 atom stereocenters. The van der Waals surface area contributed by atoms with Crippen molar-refractivity contribution in [1.29, 1.82) is 0 Å². The van der Waals surface area contributed by atoms with Crippen LogP contribution in [0.1, 0.15) is 32.2 Å². The first-order valence-corrected chi connectivity index (χ1v) is 6.92. The predicted molar refractivity (Wildman–Crippen MR) is 85.5 cm³/mol. The Labute approximate surface area is 136 Å². The molecule has 3 rings (SSSR count). The van der Waals surface area contributed by atoms with E-state index in [2.05, 4.69) is 14.7 Å². The van der Waals surface area contributed by atoms with E-state index in [0.29, 0.717) is 28.1 Å². The van der Waals surface area contributed by atoms with Crippen molar-refractivity contribution in [1.82, 2.24) is 9.97 Å². The minimum atomic E-state index is -1.03. The number of rotatable bonds is 4. The molecule has 24 heavy (non-hydrogen) atoms. The van der Waals surface area contributed by atoms with E-state index >= 15 is 0 Å². The zero-order valence-corrected chi connectivity index (χ0v) is 12.6. The van der Waals surface area contributed by atoms with E-state index in [1.54, 1.807) is 30.5 Å². The Bertz CT molecular complexity index is 959. The van der Waals surface area contributed by atoms with Crippen LogP contribution in [-0.4, -0.2) is 34.1 Å². The number of benzene rings is 1. The molecule has 2 aromatic heterocycles. The molecule has 7 heteroatoms. The molecule has 2 heterocycles. The van der Waals surface area contributed by atoms with Gasteiger partial charge in [0.1, 0.15) is 5.52 Å². The van der Waals surface area contributed by atoms with E-state index in [0.717, 1.165) is 0 Å². The van der Waals surface area contributed by atoms with E-state index in [1.165, 1.54) is 25.4 Å². The Balaban J connectivity index is 1.88. The molecular formula is C17H12N2O5. The van der Waals surface area contributed by atoms with Gasteiger partial charge in [-0.25, -0.2) is 14.6 Å². The Morgan fingerprint density at radius 1 is 1.17 bits per heavy atom. The minimum Gasteiger partial charge on any atom is -0.478 e. The van der Waals surface area contributed by atoms with Crippen LogP contribution in [0.25, 0.3) is 23.3 Å². The standard InChI is InChI=1S/C17H12N2O5/c1-23-17(22)12-6-10(8-18-9-12)2-5-15-19-13-7-11(16(20)21)3-4-14(13)24-15/h2-9H,1H3,(H,20,21)/b5-2+. The number of hydrogen-bond acceptors (Lipinski definition) is 6. The number of carbonyl (C=O) groups is 2. The smallest absolute Gasteiger partial charge is 0.339 e. The van der Waals surface area contributed by atoms with E-state index in [4.69, 9.17) is 9.52 Å². The fourth-order valence-corrected chi connectivity index (χ4v) is 2.10. The van der Waals surface area contributed by atoms with Gasteiger partial charge in [-0.2, -0.15) is 0 Å². The summed E-state index contributed by atoms with van der Waals surface area (Å²) in [5.74, 6) is -1.18. The molecule has 3 aromatic rings. The lowest BCUT2D eigenvalue weighted by Crippen LogP contribution is -2.01. The third kappa shape index (κ3) is 3.14. The zero-order valence-electron chi connectivity index (χ0n) is 12.6. The number of ether oxygens (including phenoxy) is 1. The monoisotopic (exact) mass is 324 g/mol. The normalized spacial score (nSPS) is 11.0. The topological polar surface area (TPSA) is 103 Å². The van der Waals surface area contributed by atoms with Gasteiger partial charge in [-0.3, -0.25) is 4.98 Å². The summed E-state index contributed by atoms with van der Waals surface area (Å²) in [4.78, 5) is 30.6. The summed E-state index contributed by atoms with van der Waals surface area (Å²) >= 11 is 0. The molecule has 0 amide bonds. The molecule has 1 N–H and O–H groups in total. The fraction of sp³-hybridized carbons (Fsp3) is 0.0588. The molecule has 0 unspecified atom stereocenters. The second-order valence-electron chi connectivity index (χ2n) is 4.87. The van der Waals surface area contributed by atoms with Gasteiger partial charge in [0.15, 0.2) is 5.58 Å². The number of carboxylic acid groups (broad SMARTS) is 1. The van der Waals surface area contributed by atoms with Gasteiger partial charge < -0.3 is 14.3 Å². The molecule has 0 saturated carbocycles. The van der Waals surface area contributed by atoms with Gasteiger partial charge in [-0.1, -0.05) is 0 Å². The number of fused-ring (bicyclic) bond motifs is 1. The minimum absolute atomic E-state index is 0.140. The van der Waals surface area contributed by atoms with Gasteiger partial charge >= 0.3 is 11.9 Å². The molecule has 7 nitrogen and oxygen atoms in total. The summed E-state index contributed by atoms with van der Waals surface area (Å²) in [6.45, 7) is 0. The maximum Gasteiger partial charge on any atom is 0.339 e. The van der Waals surface area contributed by atoms with Crippen LogP contribution in [0.5, 0.6) is 0 Å². The quantitative estimate of drug-likeness (QED) is 0.736. The number of carbonyl (C=O) groups excluding carboxylic acids is 1. The van der Waals surface area contributed by atoms with Crippen LogP contribution in [0.15, 0.2) is 41.1 Å². The van der Waals surface area contributed by atoms with Gasteiger partial charge in [-0.15, -0.1) is 0 Å². The zero-order chi connectivity index (χ0) is 17.1. The summed E-state index contributed by atoms with van der Waals surface area (Å²) in [7, 11) is 1.30. The molecule has 0 spiro atoms. The van der Waals surface area contributed by atoms with Crippen LogP contribution < -0.4 is 0 Å². The molecule has 0 saturated heterocycles. The average molecular weight is 324 g/mol. The summed E-state index contributed by atoms with van der Waals surface area (Å²) in [6, 6.07) is 6.08. The van der Waals surface area contributed by atoms with Crippen molar-refractivity contribution in [3.05, 3.63) is 59.2 Å². The number of aromatic carboxylic acids is 1. The molecule has 120 valence electrons. The number of aromatic nitrogens is 2. The van der Waals surface area contributed by atoms with Crippen LogP contribution in [0, 0.1) is 0 Å². The summed E-state index contributed by atoms with van der Waals surface area (Å²) < 4.78 is 10.2. The Hall–Kier alpha value is -3.48. The van der Waals surface area contributed by atoms with Crippen LogP contribution in [0.2, 0.25) is 0 Å². The van der Waals surface area contributed by atoms with Crippen molar-refractivity contribution in [2.45, 2.75) is 0 Å². The molecule has 0 bridgehead atoms. The van der Waals surface area contributed by atoms with E-state index in [1.807, 2.05) is 0 Å². The molecule has 0 aliphatic carbocycles. The highest BCUT2D eigenvalue weighted by atomic mass is 16.5. The fourth-order valence-electron chi connectivity index (χ4n) is 2.10. The number of methoxy groups -OCH3 is 1. The number of esters is 1. The van der Waals surface area contributed by atoms with Crippen LogP contribution in [0.3, 0.4) is 0 Å². The lowest BCUT2D eigenvalue weighted by atomic mass is 10.2. The summed E-state index contributed by atoms with van der Waals surface area (Å²) in [5.41, 5.74) is 2.09. The first-order chi connectivity index (χ1) is 11.6. The van der Waals surface area contributed by atoms with E-state index in [-0.39, 0.29) is 5.56 Å². The van der Waals surface area contributed by atoms with Crippen molar-refractivity contribution < 1.29 is 23.8 Å². The first kappa shape index (κ1) is 15.4. The molecule has 0 radical (unpaired) electrons. The van der Waals surface area contributed by atoms with Gasteiger partial charge in [0.25, 0.3) is 0 Å². The van der Waals surface area contributed by atoms with Gasteiger partial charge in [0.2, 0.25) is 5.89 Å². The SMILES string of the molecule is COC(=O)c1cncc(/C=C/c2nc3cc(C(=O)O)ccc3o2)c1. The number of carboxylic acids is 1. The molecular weight excluding hydrogens is 312 g/mol. The van der Waals surface area contributed by atoms with Crippen molar-refractivity contribution in [3.8, 4) is 0 Å². The summed E-state index contributed by atoms with van der Waals surface area (Å²) in [6.07, 6.45) is 6.28. The van der Waals surface area contributed by atoms with Crippen molar-refractivity contribution in [2.75, 3.05) is 7.11 Å². The molecule has 1 aromatic carbocycles. The lowest BCUT2D eigenvalue weighted by Gasteiger charge is -1.99. The maximum atomic E-state index is 11.5. The number of hydrogen-bond donors (Lipinski definition) is 1. The van der Waals surface area contributed by atoms with E-state index < -0.39 is 11.9 Å². The number of nitrogens with zero attached hydrogens (tertiary/aromatic N) is 2. The first-order valence-electron chi connectivity index (χ1n) is 6.92. The van der Waals surface area contributed by atoms with Gasteiger partial charge in [-0.05, 0) is 35.9 Å². The molecule has 0 aliphatic rings. The number of oxazole rings is 1. The van der Waals surface area contributed by atoms with Crippen molar-refractivity contribution >= 4 is 35.2 Å². The van der Waals surface area contributed by atoms with Crippen LogP contribution >= 0.6 is 0 Å². The van der Waals surface area contributed by atoms with Gasteiger partial charge in [0.05, 0.1) is 18.2 Å². The highest BCUT2D eigenvalue weighted by molar-refractivity contribution is 5.92. The average Bonchev–Trinajstić information content (AvgIpc) is 3.01. The van der Waals surface area contributed by atoms with E-state index in [9.17, 15) is 9.59 Å². The summed E-state index contributed by atoms with van der Waals surface area (Å²) in [5, 5.41) is 8.98. The Morgan fingerprint density at radius 2 is 2.00 bits per heavy atom. The lowest BCUT2D eigenvalue weighted by molar-refractivity contribution is 0.0599. The van der Waals surface area contributed by atoms with Crippen LogP contribution in [0.4, 0.5) is 0 Å². The second kappa shape index (κ2) is 6.33. The maximum absolute atomic E-state index is 11.5. The largest absolute Gasteiger partial charge is 0.478 e. The van der Waals surface area contributed by atoms with Crippen LogP contribution in [-0.2, 0) is 4.74 Å². The van der Waals surface area contributed by atoms with Gasteiger partial charge in [0, 0.05) is 18.5 Å². The third-order valence-electron chi connectivity index (χ3n) is 3.25. The second-order valence-corrected chi connectivity index (χ2v) is 4.87. The van der Waals surface area contributed by atoms with Crippen molar-refractivity contribution in [2.24, 2.45) is 0 Å². The molecule has 0 fully saturated rings. The molecule has 0 aliphatic heterocycles.